The second kappa shape index (κ2) is 10.0. The van der Waals surface area contributed by atoms with Crippen molar-refractivity contribution < 1.29 is 24.2 Å². The van der Waals surface area contributed by atoms with Crippen LogP contribution in [0.5, 0.6) is 0 Å². The standard InChI is InChI=1S/C14H16O2.C7H6O3/c15-14(16)10-12-8-4-5-9-13(12)11-6-2-1-3-7-11;8-7(9)2-1-6-3-4-10-5-6/h1-3,6-7H,4-5,8-10H2,(H,15,16);1-5H,(H,8,9)/b;2-1+. The molecule has 5 heteroatoms. The summed E-state index contributed by atoms with van der Waals surface area (Å²) in [4.78, 5) is 20.8. The lowest BCUT2D eigenvalue weighted by Gasteiger charge is -2.19. The van der Waals surface area contributed by atoms with Gasteiger partial charge < -0.3 is 14.6 Å². The van der Waals surface area contributed by atoms with Crippen LogP contribution in [0.25, 0.3) is 11.6 Å². The number of carboxylic acids is 2. The Morgan fingerprint density at radius 2 is 1.77 bits per heavy atom. The normalized spacial score (nSPS) is 14.0. The summed E-state index contributed by atoms with van der Waals surface area (Å²) >= 11 is 0. The van der Waals surface area contributed by atoms with Crippen molar-refractivity contribution in [2.45, 2.75) is 32.1 Å². The van der Waals surface area contributed by atoms with E-state index in [1.165, 1.54) is 36.2 Å². The fourth-order valence-corrected chi connectivity index (χ4v) is 2.87. The first kappa shape index (κ1) is 19.2. The van der Waals surface area contributed by atoms with E-state index in [-0.39, 0.29) is 6.42 Å². The predicted octanol–water partition coefficient (Wildman–Crippen LogP) is 4.87. The largest absolute Gasteiger partial charge is 0.481 e. The molecule has 3 rings (SSSR count). The second-order valence-electron chi connectivity index (χ2n) is 5.95. The maximum Gasteiger partial charge on any atom is 0.328 e. The number of hydrogen-bond acceptors (Lipinski definition) is 3. The van der Waals surface area contributed by atoms with Crippen molar-refractivity contribution in [3.8, 4) is 0 Å². The molecule has 2 N–H and O–H groups in total. The first-order chi connectivity index (χ1) is 12.6. The van der Waals surface area contributed by atoms with Gasteiger partial charge in [0, 0.05) is 11.6 Å². The Hall–Kier alpha value is -3.08. The molecule has 1 heterocycles. The van der Waals surface area contributed by atoms with Gasteiger partial charge in [-0.25, -0.2) is 4.79 Å². The monoisotopic (exact) mass is 354 g/mol. The van der Waals surface area contributed by atoms with Gasteiger partial charge in [0.25, 0.3) is 0 Å². The summed E-state index contributed by atoms with van der Waals surface area (Å²) < 4.78 is 4.70. The molecule has 5 nitrogen and oxygen atoms in total. The van der Waals surface area contributed by atoms with E-state index < -0.39 is 11.9 Å². The van der Waals surface area contributed by atoms with Crippen LogP contribution in [-0.4, -0.2) is 22.2 Å². The average molecular weight is 354 g/mol. The van der Waals surface area contributed by atoms with Crippen LogP contribution in [0.15, 0.2) is 65.0 Å². The van der Waals surface area contributed by atoms with Crippen molar-refractivity contribution in [1.82, 2.24) is 0 Å². The molecule has 0 amide bonds. The highest BCUT2D eigenvalue weighted by molar-refractivity contribution is 5.85. The summed E-state index contributed by atoms with van der Waals surface area (Å²) in [6.07, 6.45) is 9.94. The predicted molar refractivity (Wildman–Crippen MR) is 99.5 cm³/mol. The molecule has 0 saturated carbocycles. The van der Waals surface area contributed by atoms with E-state index in [9.17, 15) is 9.59 Å². The topological polar surface area (TPSA) is 87.7 Å². The average Bonchev–Trinajstić information content (AvgIpc) is 3.15. The summed E-state index contributed by atoms with van der Waals surface area (Å²) in [6, 6.07) is 11.8. The van der Waals surface area contributed by atoms with Gasteiger partial charge in [0.05, 0.1) is 18.9 Å². The third-order valence-electron chi connectivity index (χ3n) is 4.03. The molecule has 0 bridgehead atoms. The molecule has 1 aromatic carbocycles. The fraction of sp³-hybridized carbons (Fsp3) is 0.238. The van der Waals surface area contributed by atoms with Crippen LogP contribution in [0, 0.1) is 0 Å². The van der Waals surface area contributed by atoms with Crippen LogP contribution in [0.3, 0.4) is 0 Å². The summed E-state index contributed by atoms with van der Waals surface area (Å²) in [5.74, 6) is -1.67. The number of rotatable bonds is 5. The molecule has 0 saturated heterocycles. The lowest BCUT2D eigenvalue weighted by molar-refractivity contribution is -0.136. The molecule has 0 aliphatic heterocycles. The van der Waals surface area contributed by atoms with E-state index in [1.807, 2.05) is 18.2 Å². The van der Waals surface area contributed by atoms with E-state index in [1.54, 1.807) is 6.07 Å². The molecular formula is C21H22O5. The molecule has 0 spiro atoms. The Morgan fingerprint density at radius 3 is 2.38 bits per heavy atom. The zero-order chi connectivity index (χ0) is 18.8. The number of carbonyl (C=O) groups is 2. The number of carboxylic acid groups (broad SMARTS) is 2. The Kier molecular flexibility index (Phi) is 7.43. The molecule has 1 aliphatic rings. The Bertz CT molecular complexity index is 770. The van der Waals surface area contributed by atoms with Crippen molar-refractivity contribution in [3.63, 3.8) is 0 Å². The SMILES string of the molecule is O=C(O)/C=C/c1ccoc1.O=C(O)CC1=C(c2ccccc2)CCCC1. The molecule has 0 radical (unpaired) electrons. The van der Waals surface area contributed by atoms with E-state index in [0.717, 1.165) is 36.5 Å². The number of allylic oxidation sites excluding steroid dienone is 1. The van der Waals surface area contributed by atoms with E-state index in [4.69, 9.17) is 14.6 Å². The fourth-order valence-electron chi connectivity index (χ4n) is 2.87. The molecule has 1 aromatic heterocycles. The zero-order valence-electron chi connectivity index (χ0n) is 14.4. The minimum Gasteiger partial charge on any atom is -0.481 e. The third kappa shape index (κ3) is 6.43. The quantitative estimate of drug-likeness (QED) is 0.748. The first-order valence-corrected chi connectivity index (χ1v) is 8.47. The van der Waals surface area contributed by atoms with Crippen molar-refractivity contribution in [1.29, 1.82) is 0 Å². The van der Waals surface area contributed by atoms with Crippen LogP contribution in [0.4, 0.5) is 0 Å². The van der Waals surface area contributed by atoms with Gasteiger partial charge in [-0.3, -0.25) is 4.79 Å². The van der Waals surface area contributed by atoms with E-state index >= 15 is 0 Å². The minimum atomic E-state index is -0.957. The Balaban J connectivity index is 0.000000209. The minimum absolute atomic E-state index is 0.199. The van der Waals surface area contributed by atoms with Gasteiger partial charge in [0.15, 0.2) is 0 Å². The van der Waals surface area contributed by atoms with Crippen molar-refractivity contribution in [2.24, 2.45) is 0 Å². The summed E-state index contributed by atoms with van der Waals surface area (Å²) in [7, 11) is 0. The van der Waals surface area contributed by atoms with Crippen molar-refractivity contribution >= 4 is 23.6 Å². The number of aliphatic carboxylic acids is 2. The number of hydrogen-bond donors (Lipinski definition) is 2. The molecular weight excluding hydrogens is 332 g/mol. The molecule has 0 fully saturated rings. The molecule has 0 unspecified atom stereocenters. The van der Waals surface area contributed by atoms with Gasteiger partial charge in [0.1, 0.15) is 0 Å². The maximum atomic E-state index is 10.8. The number of furan rings is 1. The van der Waals surface area contributed by atoms with E-state index in [0.29, 0.717) is 0 Å². The van der Waals surface area contributed by atoms with Crippen molar-refractivity contribution in [2.75, 3.05) is 0 Å². The number of benzene rings is 1. The lowest BCUT2D eigenvalue weighted by Crippen LogP contribution is -2.05. The Labute approximate surface area is 152 Å². The van der Waals surface area contributed by atoms with Gasteiger partial charge in [-0.2, -0.15) is 0 Å². The van der Waals surface area contributed by atoms with Crippen LogP contribution in [0.1, 0.15) is 43.2 Å². The highest BCUT2D eigenvalue weighted by Gasteiger charge is 2.16. The first-order valence-electron chi connectivity index (χ1n) is 8.47. The lowest BCUT2D eigenvalue weighted by atomic mass is 9.86. The highest BCUT2D eigenvalue weighted by Crippen LogP contribution is 2.33. The van der Waals surface area contributed by atoms with Crippen LogP contribution in [0.2, 0.25) is 0 Å². The van der Waals surface area contributed by atoms with Crippen molar-refractivity contribution in [3.05, 3.63) is 71.7 Å². The molecule has 26 heavy (non-hydrogen) atoms. The third-order valence-corrected chi connectivity index (χ3v) is 4.03. The zero-order valence-corrected chi connectivity index (χ0v) is 14.4. The smallest absolute Gasteiger partial charge is 0.328 e. The van der Waals surface area contributed by atoms with Gasteiger partial charge in [0.2, 0.25) is 0 Å². The maximum absolute atomic E-state index is 10.8. The van der Waals surface area contributed by atoms with Crippen LogP contribution in [-0.2, 0) is 9.59 Å². The Morgan fingerprint density at radius 1 is 1.04 bits per heavy atom. The van der Waals surface area contributed by atoms with Crippen LogP contribution >= 0.6 is 0 Å². The molecule has 2 aromatic rings. The summed E-state index contributed by atoms with van der Waals surface area (Å²) in [6.45, 7) is 0. The van der Waals surface area contributed by atoms with Gasteiger partial charge in [-0.15, -0.1) is 0 Å². The molecule has 0 atom stereocenters. The second-order valence-corrected chi connectivity index (χ2v) is 5.95. The van der Waals surface area contributed by atoms with Gasteiger partial charge in [-0.1, -0.05) is 35.9 Å². The van der Waals surface area contributed by atoms with Crippen LogP contribution < -0.4 is 0 Å². The molecule has 136 valence electrons. The van der Waals surface area contributed by atoms with E-state index in [2.05, 4.69) is 12.1 Å². The summed E-state index contributed by atoms with van der Waals surface area (Å²) in [5, 5.41) is 17.1. The molecule has 1 aliphatic carbocycles. The van der Waals surface area contributed by atoms with Gasteiger partial charge >= 0.3 is 11.9 Å². The van der Waals surface area contributed by atoms with Gasteiger partial charge in [-0.05, 0) is 49.0 Å². The summed E-state index contributed by atoms with van der Waals surface area (Å²) in [5.41, 5.74) is 4.32. The highest BCUT2D eigenvalue weighted by atomic mass is 16.4.